The van der Waals surface area contributed by atoms with Gasteiger partial charge in [-0.15, -0.1) is 0 Å². The molecular weight excluding hydrogens is 488 g/mol. The fourth-order valence-corrected chi connectivity index (χ4v) is 6.77. The molecule has 2 aromatic heterocycles. The summed E-state index contributed by atoms with van der Waals surface area (Å²) in [5.74, 6) is 1.13. The zero-order chi connectivity index (χ0) is 27.8. The lowest BCUT2D eigenvalue weighted by Gasteiger charge is -2.42. The van der Waals surface area contributed by atoms with Gasteiger partial charge in [0.15, 0.2) is 0 Å². The van der Waals surface area contributed by atoms with Crippen LogP contribution in [0.15, 0.2) is 95.7 Å². The Labute approximate surface area is 236 Å². The number of benzene rings is 4. The molecule has 6 aromatic rings. The molecule has 1 aliphatic carbocycles. The van der Waals surface area contributed by atoms with E-state index in [-0.39, 0.29) is 10.8 Å². The average molecular weight is 526 g/mol. The van der Waals surface area contributed by atoms with E-state index in [0.29, 0.717) is 0 Å². The van der Waals surface area contributed by atoms with Crippen LogP contribution in [0.3, 0.4) is 0 Å². The van der Waals surface area contributed by atoms with Gasteiger partial charge in [0.25, 0.3) is 5.82 Å². The van der Waals surface area contributed by atoms with Gasteiger partial charge < -0.3 is 4.42 Å². The number of furan rings is 1. The van der Waals surface area contributed by atoms with Crippen molar-refractivity contribution in [3.05, 3.63) is 108 Å². The van der Waals surface area contributed by atoms with Gasteiger partial charge in [0.2, 0.25) is 0 Å². The SMILES string of the molecule is Cc1cc2c(cc1-c1n(-c3ccccc3)cc[n+]1C)oc1c(-c3ccc4c(c3)C(C)(C)CCC4(C)C)cccc12. The molecule has 200 valence electrons. The molecule has 0 radical (unpaired) electrons. The Kier molecular flexibility index (Phi) is 5.41. The molecule has 0 N–H and O–H groups in total. The van der Waals surface area contributed by atoms with Crippen LogP contribution in [-0.2, 0) is 17.9 Å². The molecule has 0 saturated heterocycles. The third-order valence-electron chi connectivity index (χ3n) is 9.28. The Hall–Kier alpha value is -4.11. The number of para-hydroxylation sites is 2. The van der Waals surface area contributed by atoms with Crippen molar-refractivity contribution in [2.24, 2.45) is 7.05 Å². The van der Waals surface area contributed by atoms with Crippen LogP contribution in [0.5, 0.6) is 0 Å². The molecule has 0 bridgehead atoms. The monoisotopic (exact) mass is 525 g/mol. The maximum absolute atomic E-state index is 6.74. The molecule has 1 aliphatic rings. The van der Waals surface area contributed by atoms with E-state index in [1.54, 1.807) is 0 Å². The number of nitrogens with zero attached hydrogens (tertiary/aromatic N) is 2. The van der Waals surface area contributed by atoms with Crippen molar-refractivity contribution in [2.75, 3.05) is 0 Å². The summed E-state index contributed by atoms with van der Waals surface area (Å²) in [5, 5.41) is 2.33. The van der Waals surface area contributed by atoms with Crippen molar-refractivity contribution in [1.82, 2.24) is 4.57 Å². The highest BCUT2D eigenvalue weighted by molar-refractivity contribution is 6.10. The first-order chi connectivity index (χ1) is 19.1. The van der Waals surface area contributed by atoms with Crippen molar-refractivity contribution in [3.8, 4) is 28.2 Å². The summed E-state index contributed by atoms with van der Waals surface area (Å²) in [5.41, 5.74) is 11.1. The van der Waals surface area contributed by atoms with Crippen LogP contribution in [-0.4, -0.2) is 4.57 Å². The summed E-state index contributed by atoms with van der Waals surface area (Å²) in [7, 11) is 2.11. The lowest BCUT2D eigenvalue weighted by molar-refractivity contribution is -0.659. The van der Waals surface area contributed by atoms with Crippen LogP contribution in [0.1, 0.15) is 57.2 Å². The Balaban J connectivity index is 1.41. The molecule has 4 aromatic carbocycles. The first-order valence-corrected chi connectivity index (χ1v) is 14.4. The maximum Gasteiger partial charge on any atom is 0.294 e. The smallest absolute Gasteiger partial charge is 0.294 e. The van der Waals surface area contributed by atoms with E-state index in [0.717, 1.165) is 33.6 Å². The van der Waals surface area contributed by atoms with E-state index in [1.807, 2.05) is 0 Å². The van der Waals surface area contributed by atoms with Gasteiger partial charge in [0.1, 0.15) is 29.2 Å². The fourth-order valence-electron chi connectivity index (χ4n) is 6.77. The molecule has 0 spiro atoms. The van der Waals surface area contributed by atoms with Crippen LogP contribution >= 0.6 is 0 Å². The molecule has 0 amide bonds. The summed E-state index contributed by atoms with van der Waals surface area (Å²) in [6.07, 6.45) is 6.67. The number of imidazole rings is 1. The zero-order valence-electron chi connectivity index (χ0n) is 24.4. The summed E-state index contributed by atoms with van der Waals surface area (Å²) in [6, 6.07) is 28.7. The quantitative estimate of drug-likeness (QED) is 0.211. The van der Waals surface area contributed by atoms with Gasteiger partial charge in [0.05, 0.1) is 12.6 Å². The van der Waals surface area contributed by atoms with E-state index in [9.17, 15) is 0 Å². The number of hydrogen-bond acceptors (Lipinski definition) is 1. The molecular formula is C37H37N2O+. The first kappa shape index (κ1) is 24.9. The molecule has 40 heavy (non-hydrogen) atoms. The Morgan fingerprint density at radius 1 is 0.750 bits per heavy atom. The highest BCUT2D eigenvalue weighted by Crippen LogP contribution is 2.47. The van der Waals surface area contributed by atoms with Crippen LogP contribution in [0.25, 0.3) is 50.1 Å². The van der Waals surface area contributed by atoms with E-state index in [2.05, 4.69) is 142 Å². The second-order valence-electron chi connectivity index (χ2n) is 12.9. The average Bonchev–Trinajstić information content (AvgIpc) is 3.51. The van der Waals surface area contributed by atoms with E-state index in [1.165, 1.54) is 46.0 Å². The van der Waals surface area contributed by atoms with Gasteiger partial charge in [-0.1, -0.05) is 82.3 Å². The number of hydrogen-bond donors (Lipinski definition) is 0. The summed E-state index contributed by atoms with van der Waals surface area (Å²) >= 11 is 0. The highest BCUT2D eigenvalue weighted by atomic mass is 16.3. The largest absolute Gasteiger partial charge is 0.455 e. The summed E-state index contributed by atoms with van der Waals surface area (Å²) in [6.45, 7) is 11.8. The number of rotatable bonds is 3. The van der Waals surface area contributed by atoms with Gasteiger partial charge in [-0.25, -0.2) is 4.57 Å². The predicted molar refractivity (Wildman–Crippen MR) is 165 cm³/mol. The van der Waals surface area contributed by atoms with E-state index < -0.39 is 0 Å². The third-order valence-corrected chi connectivity index (χ3v) is 9.28. The Bertz CT molecular complexity index is 1920. The molecule has 3 nitrogen and oxygen atoms in total. The first-order valence-electron chi connectivity index (χ1n) is 14.4. The van der Waals surface area contributed by atoms with Crippen LogP contribution in [0.4, 0.5) is 0 Å². The third kappa shape index (κ3) is 3.75. The summed E-state index contributed by atoms with van der Waals surface area (Å²) in [4.78, 5) is 0. The lowest BCUT2D eigenvalue weighted by atomic mass is 9.63. The van der Waals surface area contributed by atoms with E-state index in [4.69, 9.17) is 4.42 Å². The highest BCUT2D eigenvalue weighted by Gasteiger charge is 2.37. The van der Waals surface area contributed by atoms with Crippen molar-refractivity contribution in [1.29, 1.82) is 0 Å². The Morgan fingerprint density at radius 3 is 2.27 bits per heavy atom. The van der Waals surface area contributed by atoms with Crippen molar-refractivity contribution < 1.29 is 8.98 Å². The molecule has 0 fully saturated rings. The lowest BCUT2D eigenvalue weighted by Crippen LogP contribution is -2.33. The molecule has 0 unspecified atom stereocenters. The second kappa shape index (κ2) is 8.69. The minimum atomic E-state index is 0.165. The van der Waals surface area contributed by atoms with Gasteiger partial charge in [0, 0.05) is 16.3 Å². The molecule has 2 heterocycles. The molecule has 7 rings (SSSR count). The number of aryl methyl sites for hydroxylation is 2. The normalized spacial score (nSPS) is 15.9. The zero-order valence-corrected chi connectivity index (χ0v) is 24.4. The maximum atomic E-state index is 6.74. The van der Waals surface area contributed by atoms with Gasteiger partial charge >= 0.3 is 0 Å². The Morgan fingerprint density at radius 2 is 1.50 bits per heavy atom. The molecule has 0 atom stereocenters. The van der Waals surface area contributed by atoms with Crippen molar-refractivity contribution in [3.63, 3.8) is 0 Å². The number of aromatic nitrogens is 2. The van der Waals surface area contributed by atoms with Gasteiger partial charge in [-0.3, -0.25) is 0 Å². The minimum absolute atomic E-state index is 0.165. The second-order valence-corrected chi connectivity index (χ2v) is 12.9. The fraction of sp³-hybridized carbons (Fsp3) is 0.270. The molecule has 3 heteroatoms. The van der Waals surface area contributed by atoms with E-state index >= 15 is 0 Å². The number of fused-ring (bicyclic) bond motifs is 4. The van der Waals surface area contributed by atoms with Crippen LogP contribution < -0.4 is 4.57 Å². The van der Waals surface area contributed by atoms with Gasteiger partial charge in [-0.05, 0) is 77.1 Å². The topological polar surface area (TPSA) is 21.9 Å². The molecule has 0 saturated carbocycles. The molecule has 0 aliphatic heterocycles. The van der Waals surface area contributed by atoms with Crippen molar-refractivity contribution in [2.45, 2.75) is 58.3 Å². The minimum Gasteiger partial charge on any atom is -0.455 e. The standard InChI is InChI=1S/C37H37N2O/c1-24-21-30-28-14-10-13-27(25-15-16-31-32(22-25)37(4,5)18-17-36(31,2)3)34(28)40-33(30)23-29(24)35-38(6)19-20-39(35)26-11-8-7-9-12-26/h7-16,19-23H,17-18H2,1-6H3/q+1. The predicted octanol–water partition coefficient (Wildman–Crippen LogP) is 9.19. The van der Waals surface area contributed by atoms with Crippen molar-refractivity contribution >= 4 is 21.9 Å². The van der Waals surface area contributed by atoms with Crippen LogP contribution in [0, 0.1) is 6.92 Å². The van der Waals surface area contributed by atoms with Crippen LogP contribution in [0.2, 0.25) is 0 Å². The van der Waals surface area contributed by atoms with Gasteiger partial charge in [-0.2, -0.15) is 4.57 Å². The summed E-state index contributed by atoms with van der Waals surface area (Å²) < 4.78 is 11.2.